The third-order valence-electron chi connectivity index (χ3n) is 2.71. The maximum atomic E-state index is 11.8. The van der Waals surface area contributed by atoms with Crippen molar-refractivity contribution in [3.8, 4) is 0 Å². The van der Waals surface area contributed by atoms with E-state index in [1.807, 2.05) is 6.66 Å². The van der Waals surface area contributed by atoms with Crippen molar-refractivity contribution < 1.29 is 4.57 Å². The first-order chi connectivity index (χ1) is 4.70. The Bertz CT molecular complexity index is 240. The Hall–Kier alpha value is -0.0300. The molecule has 10 heavy (non-hydrogen) atoms. The average molecular weight is 156 g/mol. The van der Waals surface area contributed by atoms with E-state index >= 15 is 0 Å². The van der Waals surface area contributed by atoms with Gasteiger partial charge in [0.05, 0.1) is 0 Å². The summed E-state index contributed by atoms with van der Waals surface area (Å²) in [7, 11) is -1.77. The predicted octanol–water partition coefficient (Wildman–Crippen LogP) is 2.82. The molecule has 0 spiro atoms. The summed E-state index contributed by atoms with van der Waals surface area (Å²) in [6.07, 6.45) is 5.76. The topological polar surface area (TPSA) is 17.1 Å². The summed E-state index contributed by atoms with van der Waals surface area (Å²) >= 11 is 0. The first-order valence-corrected chi connectivity index (χ1v) is 6.32. The molecule has 0 amide bonds. The van der Waals surface area contributed by atoms with Crippen LogP contribution < -0.4 is 0 Å². The molecule has 0 N–H and O–H groups in total. The van der Waals surface area contributed by atoms with Crippen LogP contribution in [-0.4, -0.2) is 12.8 Å². The minimum absolute atomic E-state index is 0.970. The fraction of sp³-hybridized carbons (Fsp3) is 0.750. The molecule has 1 aliphatic carbocycles. The van der Waals surface area contributed by atoms with Crippen LogP contribution in [-0.2, 0) is 4.57 Å². The van der Waals surface area contributed by atoms with Gasteiger partial charge in [0.2, 0.25) is 0 Å². The molecule has 0 bridgehead atoms. The summed E-state index contributed by atoms with van der Waals surface area (Å²) < 4.78 is 11.8. The van der Waals surface area contributed by atoms with Gasteiger partial charge in [-0.05, 0) is 37.7 Å². The van der Waals surface area contributed by atoms with Gasteiger partial charge in [-0.1, -0.05) is 5.57 Å². The smallest absolute Gasteiger partial charge is 0.109 e. The summed E-state index contributed by atoms with van der Waals surface area (Å²) in [5, 5.41) is 1.37. The fourth-order valence-corrected chi connectivity index (χ4v) is 4.60. The highest BCUT2D eigenvalue weighted by Crippen LogP contribution is 2.62. The molecule has 0 radical (unpaired) electrons. The molecule has 0 aromatic carbocycles. The standard InChI is InChI=1S/C8H13OP/c1-10(9)6-5-7-3-2-4-8(7)10/h2-6H2,1H3. The van der Waals surface area contributed by atoms with Gasteiger partial charge in [0.1, 0.15) is 7.14 Å². The average Bonchev–Trinajstić information content (AvgIpc) is 2.36. The Balaban J connectivity index is 2.41. The van der Waals surface area contributed by atoms with Crippen molar-refractivity contribution in [3.05, 3.63) is 10.9 Å². The van der Waals surface area contributed by atoms with Crippen LogP contribution in [0.25, 0.3) is 0 Å². The van der Waals surface area contributed by atoms with E-state index in [1.165, 1.54) is 18.2 Å². The van der Waals surface area contributed by atoms with Crippen molar-refractivity contribution in [2.75, 3.05) is 12.8 Å². The molecule has 0 aromatic rings. The monoisotopic (exact) mass is 156 g/mol. The summed E-state index contributed by atoms with van der Waals surface area (Å²) in [6.45, 7) is 1.96. The molecule has 2 aliphatic rings. The van der Waals surface area contributed by atoms with E-state index in [0.717, 1.165) is 19.0 Å². The second-order valence-electron chi connectivity index (χ2n) is 3.48. The summed E-state index contributed by atoms with van der Waals surface area (Å²) in [5.74, 6) is 0. The Morgan fingerprint density at radius 1 is 1.30 bits per heavy atom. The fourth-order valence-electron chi connectivity index (χ4n) is 2.11. The molecule has 1 unspecified atom stereocenters. The van der Waals surface area contributed by atoms with Crippen LogP contribution in [0.15, 0.2) is 10.9 Å². The van der Waals surface area contributed by atoms with Crippen molar-refractivity contribution in [3.63, 3.8) is 0 Å². The second-order valence-corrected chi connectivity index (χ2v) is 6.67. The molecule has 0 fully saturated rings. The van der Waals surface area contributed by atoms with Crippen LogP contribution in [0.4, 0.5) is 0 Å². The molecule has 0 aromatic heterocycles. The quantitative estimate of drug-likeness (QED) is 0.493. The van der Waals surface area contributed by atoms with Gasteiger partial charge in [-0.15, -0.1) is 0 Å². The Morgan fingerprint density at radius 2 is 2.10 bits per heavy atom. The van der Waals surface area contributed by atoms with E-state index in [4.69, 9.17) is 0 Å². The lowest BCUT2D eigenvalue weighted by atomic mass is 10.2. The first-order valence-electron chi connectivity index (χ1n) is 3.98. The minimum atomic E-state index is -1.77. The highest BCUT2D eigenvalue weighted by atomic mass is 31.2. The van der Waals surface area contributed by atoms with E-state index in [2.05, 4.69) is 0 Å². The van der Waals surface area contributed by atoms with Gasteiger partial charge in [0, 0.05) is 6.16 Å². The van der Waals surface area contributed by atoms with E-state index in [-0.39, 0.29) is 0 Å². The molecule has 2 heteroatoms. The lowest BCUT2D eigenvalue weighted by Crippen LogP contribution is -1.82. The molecule has 1 heterocycles. The van der Waals surface area contributed by atoms with Gasteiger partial charge in [-0.2, -0.15) is 0 Å². The van der Waals surface area contributed by atoms with Gasteiger partial charge in [-0.25, -0.2) is 0 Å². The van der Waals surface area contributed by atoms with Gasteiger partial charge < -0.3 is 4.57 Å². The van der Waals surface area contributed by atoms with Gasteiger partial charge in [-0.3, -0.25) is 0 Å². The van der Waals surface area contributed by atoms with Crippen molar-refractivity contribution in [2.24, 2.45) is 0 Å². The molecule has 0 saturated carbocycles. The second kappa shape index (κ2) is 1.98. The zero-order chi connectivity index (χ0) is 7.19. The largest absolute Gasteiger partial charge is 0.319 e. The zero-order valence-electron chi connectivity index (χ0n) is 6.39. The SMILES string of the molecule is CP1(=O)CCC2=C1CCC2. The van der Waals surface area contributed by atoms with Gasteiger partial charge in [0.15, 0.2) is 0 Å². The Labute approximate surface area is 61.9 Å². The van der Waals surface area contributed by atoms with Crippen LogP contribution in [0.3, 0.4) is 0 Å². The maximum absolute atomic E-state index is 11.8. The normalized spacial score (nSPS) is 38.9. The molecule has 1 atom stereocenters. The summed E-state index contributed by atoms with van der Waals surface area (Å²) in [5.41, 5.74) is 1.55. The van der Waals surface area contributed by atoms with Crippen LogP contribution in [0, 0.1) is 0 Å². The van der Waals surface area contributed by atoms with Crippen LogP contribution in [0.1, 0.15) is 25.7 Å². The lowest BCUT2D eigenvalue weighted by molar-refractivity contribution is 0.582. The van der Waals surface area contributed by atoms with E-state index in [9.17, 15) is 4.57 Å². The minimum Gasteiger partial charge on any atom is -0.319 e. The lowest BCUT2D eigenvalue weighted by Gasteiger charge is -2.06. The van der Waals surface area contributed by atoms with Crippen LogP contribution in [0.5, 0.6) is 0 Å². The molecule has 56 valence electrons. The molecule has 1 aliphatic heterocycles. The summed E-state index contributed by atoms with van der Waals surface area (Å²) in [6, 6.07) is 0. The van der Waals surface area contributed by atoms with Gasteiger partial charge in [0.25, 0.3) is 0 Å². The highest BCUT2D eigenvalue weighted by Gasteiger charge is 2.33. The van der Waals surface area contributed by atoms with Crippen LogP contribution >= 0.6 is 7.14 Å². The van der Waals surface area contributed by atoms with Crippen LogP contribution in [0.2, 0.25) is 0 Å². The number of rotatable bonds is 0. The van der Waals surface area contributed by atoms with Crippen molar-refractivity contribution in [1.82, 2.24) is 0 Å². The third kappa shape index (κ3) is 0.802. The predicted molar refractivity (Wildman–Crippen MR) is 43.9 cm³/mol. The number of allylic oxidation sites excluding steroid dienone is 2. The van der Waals surface area contributed by atoms with E-state index < -0.39 is 7.14 Å². The van der Waals surface area contributed by atoms with E-state index in [1.54, 1.807) is 5.57 Å². The molecular weight excluding hydrogens is 143 g/mol. The number of hydrogen-bond donors (Lipinski definition) is 0. The van der Waals surface area contributed by atoms with E-state index in [0.29, 0.717) is 0 Å². The molecule has 0 saturated heterocycles. The molecule has 2 rings (SSSR count). The summed E-state index contributed by atoms with van der Waals surface area (Å²) in [4.78, 5) is 0. The van der Waals surface area contributed by atoms with Crippen molar-refractivity contribution >= 4 is 7.14 Å². The maximum Gasteiger partial charge on any atom is 0.109 e. The van der Waals surface area contributed by atoms with Crippen molar-refractivity contribution in [1.29, 1.82) is 0 Å². The first kappa shape index (κ1) is 6.67. The Kier molecular flexibility index (Phi) is 1.32. The third-order valence-corrected chi connectivity index (χ3v) is 5.47. The van der Waals surface area contributed by atoms with Gasteiger partial charge >= 0.3 is 0 Å². The number of hydrogen-bond acceptors (Lipinski definition) is 1. The van der Waals surface area contributed by atoms with Crippen molar-refractivity contribution in [2.45, 2.75) is 25.7 Å². The zero-order valence-corrected chi connectivity index (χ0v) is 7.29. The molecular formula is C8H13OP. The Morgan fingerprint density at radius 3 is 2.80 bits per heavy atom. The molecule has 1 nitrogen and oxygen atoms in total. The highest BCUT2D eigenvalue weighted by molar-refractivity contribution is 7.67.